The second-order valence-corrected chi connectivity index (χ2v) is 9.10. The van der Waals surface area contributed by atoms with Crippen molar-refractivity contribution in [3.8, 4) is 0 Å². The van der Waals surface area contributed by atoms with E-state index in [4.69, 9.17) is 4.99 Å². The van der Waals surface area contributed by atoms with Gasteiger partial charge in [0, 0.05) is 18.0 Å². The Morgan fingerprint density at radius 3 is 2.45 bits per heavy atom. The van der Waals surface area contributed by atoms with Crippen LogP contribution in [0.3, 0.4) is 0 Å². The average molecular weight is 424 g/mol. The maximum atomic E-state index is 13.4. The van der Waals surface area contributed by atoms with E-state index in [0.29, 0.717) is 6.54 Å². The number of carbonyl (C=O) groups is 1. The molecule has 2 aliphatic heterocycles. The molecule has 0 radical (unpaired) electrons. The molecule has 1 fully saturated rings. The smallest absolute Gasteiger partial charge is 0.269 e. The number of rotatable bonds is 5. The number of anilines is 1. The Labute approximate surface area is 181 Å². The third kappa shape index (κ3) is 3.96. The van der Waals surface area contributed by atoms with Gasteiger partial charge in [-0.3, -0.25) is 9.69 Å². The number of aliphatic imine (C=N–C) groups is 1. The molecule has 0 aromatic heterocycles. The fourth-order valence-corrected chi connectivity index (χ4v) is 5.80. The SMILES string of the molecule is CCCCN1C(=O)/C(=C2/Sc3ccccc3N2CC)SC1=Nc1ccc(C)cc1. The lowest BCUT2D eigenvalue weighted by molar-refractivity contribution is -0.122. The van der Waals surface area contributed by atoms with Gasteiger partial charge >= 0.3 is 0 Å². The van der Waals surface area contributed by atoms with Crippen LogP contribution in [0.2, 0.25) is 0 Å². The minimum atomic E-state index is 0.0723. The topological polar surface area (TPSA) is 35.9 Å². The molecule has 2 heterocycles. The molecule has 0 bridgehead atoms. The van der Waals surface area contributed by atoms with Gasteiger partial charge in [-0.25, -0.2) is 4.99 Å². The second kappa shape index (κ2) is 8.67. The van der Waals surface area contributed by atoms with Crippen LogP contribution in [-0.4, -0.2) is 29.1 Å². The summed E-state index contributed by atoms with van der Waals surface area (Å²) in [6.07, 6.45) is 2.01. The van der Waals surface area contributed by atoms with E-state index in [0.717, 1.165) is 40.2 Å². The van der Waals surface area contributed by atoms with Crippen molar-refractivity contribution in [3.05, 3.63) is 64.0 Å². The van der Waals surface area contributed by atoms with E-state index in [2.05, 4.69) is 62.1 Å². The van der Waals surface area contributed by atoms with E-state index < -0.39 is 0 Å². The first-order valence-electron chi connectivity index (χ1n) is 10.1. The number of aryl methyl sites for hydroxylation is 1. The zero-order chi connectivity index (χ0) is 20.4. The lowest BCUT2D eigenvalue weighted by atomic mass is 10.2. The Hall–Kier alpha value is -2.18. The van der Waals surface area contributed by atoms with Crippen molar-refractivity contribution in [2.24, 2.45) is 4.99 Å². The van der Waals surface area contributed by atoms with Gasteiger partial charge in [0.15, 0.2) is 5.17 Å². The molecule has 0 saturated carbocycles. The van der Waals surface area contributed by atoms with Crippen LogP contribution in [0.4, 0.5) is 11.4 Å². The maximum Gasteiger partial charge on any atom is 0.269 e. The molecule has 4 nitrogen and oxygen atoms in total. The highest BCUT2D eigenvalue weighted by Gasteiger charge is 2.39. The number of para-hydroxylation sites is 1. The minimum absolute atomic E-state index is 0.0723. The summed E-state index contributed by atoms with van der Waals surface area (Å²) >= 11 is 3.20. The largest absolute Gasteiger partial charge is 0.334 e. The third-order valence-corrected chi connectivity index (χ3v) is 7.35. The number of amides is 1. The number of nitrogens with zero attached hydrogens (tertiary/aromatic N) is 3. The van der Waals surface area contributed by atoms with Crippen LogP contribution in [0.15, 0.2) is 68.4 Å². The Kier molecular flexibility index (Phi) is 6.01. The Balaban J connectivity index is 1.73. The highest BCUT2D eigenvalue weighted by Crippen LogP contribution is 2.50. The van der Waals surface area contributed by atoms with Gasteiger partial charge in [-0.1, -0.05) is 54.9 Å². The standard InChI is InChI=1S/C23H25N3OS2/c1-4-6-15-26-21(27)20(29-23(26)24-17-13-11-16(3)12-14-17)22-25(5-2)18-9-7-8-10-19(18)28-22/h7-14H,4-6,15H2,1-3H3/b22-20-,24-23?. The van der Waals surface area contributed by atoms with E-state index in [1.165, 1.54) is 27.9 Å². The Morgan fingerprint density at radius 2 is 1.72 bits per heavy atom. The van der Waals surface area contributed by atoms with Crippen LogP contribution >= 0.6 is 23.5 Å². The number of thioether (sulfide) groups is 2. The fourth-order valence-electron chi connectivity index (χ4n) is 3.38. The van der Waals surface area contributed by atoms with Crippen molar-refractivity contribution in [2.45, 2.75) is 38.5 Å². The normalized spacial score (nSPS) is 20.1. The molecule has 2 aromatic carbocycles. The van der Waals surface area contributed by atoms with Gasteiger partial charge in [0.1, 0.15) is 9.93 Å². The summed E-state index contributed by atoms with van der Waals surface area (Å²) in [5.74, 6) is 0.0723. The van der Waals surface area contributed by atoms with Crippen LogP contribution in [-0.2, 0) is 4.79 Å². The van der Waals surface area contributed by atoms with Gasteiger partial charge in [-0.05, 0) is 56.3 Å². The molecule has 1 saturated heterocycles. The number of benzene rings is 2. The molecular weight excluding hydrogens is 398 g/mol. The zero-order valence-corrected chi connectivity index (χ0v) is 18.6. The molecule has 0 atom stereocenters. The van der Waals surface area contributed by atoms with Gasteiger partial charge < -0.3 is 4.90 Å². The zero-order valence-electron chi connectivity index (χ0n) is 17.0. The van der Waals surface area contributed by atoms with Gasteiger partial charge in [0.25, 0.3) is 5.91 Å². The van der Waals surface area contributed by atoms with Crippen LogP contribution in [0.1, 0.15) is 32.3 Å². The number of carbonyl (C=O) groups excluding carboxylic acids is 1. The highest BCUT2D eigenvalue weighted by molar-refractivity contribution is 8.19. The number of hydrogen-bond acceptors (Lipinski definition) is 5. The molecule has 1 amide bonds. The van der Waals surface area contributed by atoms with Crippen LogP contribution in [0.5, 0.6) is 0 Å². The molecular formula is C23H25N3OS2. The van der Waals surface area contributed by atoms with E-state index in [9.17, 15) is 4.79 Å². The summed E-state index contributed by atoms with van der Waals surface area (Å²) in [6, 6.07) is 16.5. The quantitative estimate of drug-likeness (QED) is 0.540. The molecule has 29 heavy (non-hydrogen) atoms. The average Bonchev–Trinajstić information content (AvgIpc) is 3.25. The molecule has 0 aliphatic carbocycles. The molecule has 0 spiro atoms. The van der Waals surface area contributed by atoms with Crippen molar-refractivity contribution in [1.82, 2.24) is 4.90 Å². The van der Waals surface area contributed by atoms with Gasteiger partial charge in [-0.2, -0.15) is 0 Å². The van der Waals surface area contributed by atoms with Crippen LogP contribution in [0.25, 0.3) is 0 Å². The van der Waals surface area contributed by atoms with Crippen molar-refractivity contribution in [1.29, 1.82) is 0 Å². The number of hydrogen-bond donors (Lipinski definition) is 0. The Bertz CT molecular complexity index is 982. The molecule has 2 aliphatic rings. The Morgan fingerprint density at radius 1 is 0.966 bits per heavy atom. The first-order valence-corrected chi connectivity index (χ1v) is 11.7. The predicted molar refractivity (Wildman–Crippen MR) is 125 cm³/mol. The fraction of sp³-hybridized carbons (Fsp3) is 0.304. The monoisotopic (exact) mass is 423 g/mol. The van der Waals surface area contributed by atoms with Crippen molar-refractivity contribution in [3.63, 3.8) is 0 Å². The summed E-state index contributed by atoms with van der Waals surface area (Å²) in [5.41, 5.74) is 3.27. The van der Waals surface area contributed by atoms with Gasteiger partial charge in [-0.15, -0.1) is 0 Å². The van der Waals surface area contributed by atoms with Crippen LogP contribution < -0.4 is 4.90 Å². The van der Waals surface area contributed by atoms with E-state index in [-0.39, 0.29) is 5.91 Å². The molecule has 0 unspecified atom stereocenters. The van der Waals surface area contributed by atoms with E-state index >= 15 is 0 Å². The minimum Gasteiger partial charge on any atom is -0.334 e. The highest BCUT2D eigenvalue weighted by atomic mass is 32.2. The summed E-state index contributed by atoms with van der Waals surface area (Å²) in [5, 5.41) is 1.81. The number of unbranched alkanes of at least 4 members (excludes halogenated alkanes) is 1. The number of fused-ring (bicyclic) bond motifs is 1. The third-order valence-electron chi connectivity index (χ3n) is 4.98. The predicted octanol–water partition coefficient (Wildman–Crippen LogP) is 6.16. The first-order chi connectivity index (χ1) is 14.1. The van der Waals surface area contributed by atoms with Crippen molar-refractivity contribution >= 4 is 46.0 Å². The molecule has 150 valence electrons. The first kappa shape index (κ1) is 20.1. The summed E-state index contributed by atoms with van der Waals surface area (Å²) in [7, 11) is 0. The summed E-state index contributed by atoms with van der Waals surface area (Å²) in [6.45, 7) is 7.87. The summed E-state index contributed by atoms with van der Waals surface area (Å²) < 4.78 is 0. The molecule has 6 heteroatoms. The van der Waals surface area contributed by atoms with E-state index in [1.54, 1.807) is 11.8 Å². The summed E-state index contributed by atoms with van der Waals surface area (Å²) in [4.78, 5) is 24.3. The molecule has 0 N–H and O–H groups in total. The van der Waals surface area contributed by atoms with Gasteiger partial charge in [0.05, 0.1) is 11.4 Å². The van der Waals surface area contributed by atoms with Crippen molar-refractivity contribution in [2.75, 3.05) is 18.0 Å². The number of amidine groups is 1. The van der Waals surface area contributed by atoms with Crippen molar-refractivity contribution < 1.29 is 4.79 Å². The second-order valence-electron chi connectivity index (χ2n) is 7.09. The van der Waals surface area contributed by atoms with E-state index in [1.807, 2.05) is 17.0 Å². The lowest BCUT2D eigenvalue weighted by Crippen LogP contribution is -2.30. The van der Waals surface area contributed by atoms with Crippen LogP contribution in [0, 0.1) is 6.92 Å². The van der Waals surface area contributed by atoms with Gasteiger partial charge in [0.2, 0.25) is 0 Å². The maximum absolute atomic E-state index is 13.4. The lowest BCUT2D eigenvalue weighted by Gasteiger charge is -2.19. The molecule has 2 aromatic rings. The molecule has 4 rings (SSSR count).